The smallest absolute Gasteiger partial charge is 0.410 e. The van der Waals surface area contributed by atoms with Crippen molar-refractivity contribution in [3.63, 3.8) is 0 Å². The Bertz CT molecular complexity index is 1400. The van der Waals surface area contributed by atoms with Gasteiger partial charge in [-0.3, -0.25) is 14.7 Å². The monoisotopic (exact) mass is 751 g/mol. The van der Waals surface area contributed by atoms with Gasteiger partial charge in [0.25, 0.3) is 0 Å². The van der Waals surface area contributed by atoms with Crippen molar-refractivity contribution in [1.29, 1.82) is 0 Å². The zero-order valence-electron chi connectivity index (χ0n) is 34.2. The van der Waals surface area contributed by atoms with Gasteiger partial charge in [-0.1, -0.05) is 90.7 Å². The number of piperazine rings is 1. The lowest BCUT2D eigenvalue weighted by Crippen LogP contribution is -2.53. The van der Waals surface area contributed by atoms with Crippen molar-refractivity contribution in [3.8, 4) is 0 Å². The van der Waals surface area contributed by atoms with E-state index in [1.54, 1.807) is 24.1 Å². The van der Waals surface area contributed by atoms with Crippen LogP contribution in [0.3, 0.4) is 0 Å². The van der Waals surface area contributed by atoms with Crippen molar-refractivity contribution in [2.45, 2.75) is 160 Å². The molecule has 1 aromatic rings. The molecule has 9 nitrogen and oxygen atoms in total. The summed E-state index contributed by atoms with van der Waals surface area (Å²) in [5.41, 5.74) is 0.466. The van der Waals surface area contributed by atoms with Crippen LogP contribution in [0.2, 0.25) is 18.1 Å². The highest BCUT2D eigenvalue weighted by atomic mass is 28.4. The van der Waals surface area contributed by atoms with E-state index in [2.05, 4.69) is 56.7 Å². The Morgan fingerprint density at radius 3 is 2.38 bits per heavy atom. The number of hydrogen-bond donors (Lipinski definition) is 1. The summed E-state index contributed by atoms with van der Waals surface area (Å²) in [6.07, 6.45) is 17.7. The molecule has 0 unspecified atom stereocenters. The standard InChI is InChI=1S/C43H69N3O6Si/c1-32(37-21-14-15-26-44-37)17-16-18-33(2)40-34(3)22-23-38(50-41(48)46-29-27-45(28-30-46)35-19-12-10-11-13-20-35)43(7,49)25-24-36(31-39(47)51-40)52-53(8,9)42(4,5)6/h14-18,21-23,26,32,34-36,38,40,49H,10-13,19-20,24-25,27-31H2,1-9H3/t32-,34+,36-,38+,40-,43-/m1/s1. The van der Waals surface area contributed by atoms with Crippen molar-refractivity contribution in [2.24, 2.45) is 5.92 Å². The molecule has 0 bridgehead atoms. The number of aromatic nitrogens is 1. The van der Waals surface area contributed by atoms with E-state index in [0.29, 0.717) is 25.6 Å². The molecule has 4 rings (SSSR count). The predicted molar refractivity (Wildman–Crippen MR) is 215 cm³/mol. The SMILES string of the molecule is CC(=CC=C[C@@H](C)c1ccccn1)[C@H]1OC(=O)C[C@H](O[Si](C)(C)C(C)(C)C)CC[C@@](C)(O)[C@@H](OC(=O)N2CCN(C3CCCCCC3)CC2)C=C[C@@H]1C. The molecule has 1 N–H and O–H groups in total. The molecule has 1 saturated heterocycles. The molecule has 0 spiro atoms. The lowest BCUT2D eigenvalue weighted by molar-refractivity contribution is -0.151. The first-order valence-corrected chi connectivity index (χ1v) is 23.1. The average molecular weight is 752 g/mol. The normalized spacial score (nSPS) is 28.8. The van der Waals surface area contributed by atoms with Crippen molar-refractivity contribution in [2.75, 3.05) is 26.2 Å². The molecule has 1 amide bonds. The molecule has 0 radical (unpaired) electrons. The number of esters is 1. The maximum Gasteiger partial charge on any atom is 0.410 e. The Hall–Kier alpha value is -2.79. The number of rotatable bonds is 8. The van der Waals surface area contributed by atoms with E-state index >= 15 is 0 Å². The molecule has 10 heteroatoms. The summed E-state index contributed by atoms with van der Waals surface area (Å²) in [7, 11) is -2.28. The van der Waals surface area contributed by atoms with Gasteiger partial charge < -0.3 is 23.9 Å². The highest BCUT2D eigenvalue weighted by molar-refractivity contribution is 6.74. The topological polar surface area (TPSA) is 101 Å². The van der Waals surface area contributed by atoms with Gasteiger partial charge in [0.2, 0.25) is 0 Å². The van der Waals surface area contributed by atoms with Crippen LogP contribution in [0.15, 0.2) is 60.3 Å². The van der Waals surface area contributed by atoms with Crippen LogP contribution >= 0.6 is 0 Å². The van der Waals surface area contributed by atoms with Crippen molar-refractivity contribution in [3.05, 3.63) is 66.0 Å². The average Bonchev–Trinajstić information content (AvgIpc) is 3.40. The lowest BCUT2D eigenvalue weighted by atomic mass is 9.88. The van der Waals surface area contributed by atoms with Crippen LogP contribution < -0.4 is 0 Å². The van der Waals surface area contributed by atoms with Crippen LogP contribution in [0.25, 0.3) is 0 Å². The van der Waals surface area contributed by atoms with Crippen molar-refractivity contribution in [1.82, 2.24) is 14.8 Å². The van der Waals surface area contributed by atoms with Crippen LogP contribution in [0.5, 0.6) is 0 Å². The fraction of sp³-hybridized carbons (Fsp3) is 0.698. The Morgan fingerprint density at radius 1 is 1.08 bits per heavy atom. The third kappa shape index (κ3) is 12.6. The third-order valence-corrected chi connectivity index (χ3v) is 16.6. The molecule has 0 aromatic carbocycles. The summed E-state index contributed by atoms with van der Waals surface area (Å²) in [6.45, 7) is 21.6. The summed E-state index contributed by atoms with van der Waals surface area (Å²) < 4.78 is 19.3. The maximum atomic E-state index is 13.7. The lowest BCUT2D eigenvalue weighted by Gasteiger charge is -2.41. The minimum absolute atomic E-state index is 0.0702. The molecule has 2 aliphatic heterocycles. The van der Waals surface area contributed by atoms with Crippen molar-refractivity contribution < 1.29 is 28.6 Å². The van der Waals surface area contributed by atoms with Gasteiger partial charge in [-0.05, 0) is 81.4 Å². The predicted octanol–water partition coefficient (Wildman–Crippen LogP) is 8.96. The first-order valence-electron chi connectivity index (χ1n) is 20.2. The molecular weight excluding hydrogens is 683 g/mol. The minimum atomic E-state index is -2.28. The number of pyridine rings is 1. The Balaban J connectivity index is 1.56. The van der Waals surface area contributed by atoms with E-state index in [0.717, 1.165) is 24.4 Å². The van der Waals surface area contributed by atoms with Gasteiger partial charge in [0.15, 0.2) is 14.4 Å². The second-order valence-corrected chi connectivity index (χ2v) is 22.3. The molecule has 3 aliphatic rings. The molecule has 3 heterocycles. The van der Waals surface area contributed by atoms with E-state index in [1.165, 1.54) is 38.5 Å². The summed E-state index contributed by atoms with van der Waals surface area (Å²) in [5.74, 6) is -0.484. The summed E-state index contributed by atoms with van der Waals surface area (Å²) in [5, 5.41) is 12.0. The maximum absolute atomic E-state index is 13.7. The molecule has 1 aliphatic carbocycles. The zero-order chi connectivity index (χ0) is 38.8. The first kappa shape index (κ1) is 42.9. The van der Waals surface area contributed by atoms with Crippen LogP contribution in [0.1, 0.15) is 118 Å². The molecule has 296 valence electrons. The fourth-order valence-corrected chi connectivity index (χ4v) is 8.81. The van der Waals surface area contributed by atoms with Crippen LogP contribution in [-0.4, -0.2) is 96.4 Å². The number of cyclic esters (lactones) is 1. The second-order valence-electron chi connectivity index (χ2n) is 17.6. The van der Waals surface area contributed by atoms with Gasteiger partial charge in [-0.15, -0.1) is 0 Å². The van der Waals surface area contributed by atoms with E-state index in [9.17, 15) is 14.7 Å². The number of carbonyl (C=O) groups is 2. The van der Waals surface area contributed by atoms with Gasteiger partial charge in [0, 0.05) is 55.9 Å². The zero-order valence-corrected chi connectivity index (χ0v) is 35.2. The van der Waals surface area contributed by atoms with Crippen molar-refractivity contribution >= 4 is 20.4 Å². The molecule has 53 heavy (non-hydrogen) atoms. The number of amides is 1. The van der Waals surface area contributed by atoms with E-state index < -0.39 is 38.3 Å². The summed E-state index contributed by atoms with van der Waals surface area (Å²) in [4.78, 5) is 36.2. The number of aliphatic hydroxyl groups is 1. The fourth-order valence-electron chi connectivity index (χ4n) is 7.42. The number of hydrogen-bond acceptors (Lipinski definition) is 8. The molecule has 1 aromatic heterocycles. The molecular formula is C43H69N3O6Si. The highest BCUT2D eigenvalue weighted by Gasteiger charge is 2.42. The second kappa shape index (κ2) is 19.2. The number of allylic oxidation sites excluding steroid dienone is 3. The summed E-state index contributed by atoms with van der Waals surface area (Å²) in [6, 6.07) is 6.50. The van der Waals surface area contributed by atoms with E-state index in [1.807, 2.05) is 50.3 Å². The molecule has 2 fully saturated rings. The van der Waals surface area contributed by atoms with Crippen LogP contribution in [0, 0.1) is 5.92 Å². The number of carbonyl (C=O) groups excluding carboxylic acids is 2. The van der Waals surface area contributed by atoms with Gasteiger partial charge in [-0.25, -0.2) is 4.79 Å². The van der Waals surface area contributed by atoms with Crippen LogP contribution in [-0.2, 0) is 18.7 Å². The number of ether oxygens (including phenoxy) is 2. The Labute approximate surface area is 321 Å². The van der Waals surface area contributed by atoms with Gasteiger partial charge in [0.1, 0.15) is 11.7 Å². The Kier molecular flexibility index (Phi) is 15.5. The van der Waals surface area contributed by atoms with E-state index in [4.69, 9.17) is 13.9 Å². The number of nitrogens with zero attached hydrogens (tertiary/aromatic N) is 3. The largest absolute Gasteiger partial charge is 0.457 e. The summed E-state index contributed by atoms with van der Waals surface area (Å²) >= 11 is 0. The van der Waals surface area contributed by atoms with Gasteiger partial charge in [-0.2, -0.15) is 0 Å². The Morgan fingerprint density at radius 2 is 1.75 bits per heavy atom. The highest BCUT2D eigenvalue weighted by Crippen LogP contribution is 2.39. The molecule has 1 saturated carbocycles. The van der Waals surface area contributed by atoms with Gasteiger partial charge in [0.05, 0.1) is 12.5 Å². The van der Waals surface area contributed by atoms with Crippen LogP contribution in [0.4, 0.5) is 4.79 Å². The third-order valence-electron chi connectivity index (χ3n) is 12.1. The van der Waals surface area contributed by atoms with Gasteiger partial charge >= 0.3 is 12.1 Å². The first-order chi connectivity index (χ1) is 25.0. The molecule has 6 atom stereocenters. The minimum Gasteiger partial charge on any atom is -0.457 e. The quantitative estimate of drug-likeness (QED) is 0.0924. The van der Waals surface area contributed by atoms with E-state index in [-0.39, 0.29) is 35.7 Å².